The van der Waals surface area contributed by atoms with E-state index in [4.69, 9.17) is 5.26 Å². The minimum Gasteiger partial charge on any atom is -0.480 e. The Morgan fingerprint density at radius 1 is 1.15 bits per heavy atom. The van der Waals surface area contributed by atoms with E-state index in [-0.39, 0.29) is 18.5 Å². The van der Waals surface area contributed by atoms with Crippen molar-refractivity contribution in [1.82, 2.24) is 20.1 Å². The first-order valence-corrected chi connectivity index (χ1v) is 18.8. The molecule has 2 atom stereocenters. The van der Waals surface area contributed by atoms with Crippen LogP contribution < -0.4 is 10.2 Å². The molecule has 1 aromatic carbocycles. The summed E-state index contributed by atoms with van der Waals surface area (Å²) in [5.41, 5.74) is -0.830. The van der Waals surface area contributed by atoms with Gasteiger partial charge in [0.05, 0.1) is 27.5 Å². The highest BCUT2D eigenvalue weighted by molar-refractivity contribution is 7.92. The van der Waals surface area contributed by atoms with Gasteiger partial charge in [-0.05, 0) is 51.3 Å². The van der Waals surface area contributed by atoms with Crippen LogP contribution in [0.15, 0.2) is 46.8 Å². The van der Waals surface area contributed by atoms with Crippen molar-refractivity contribution >= 4 is 33.0 Å². The predicted molar refractivity (Wildman–Crippen MR) is 178 cm³/mol. The van der Waals surface area contributed by atoms with E-state index >= 15 is 0 Å². The van der Waals surface area contributed by atoms with Crippen LogP contribution in [0.5, 0.6) is 0 Å². The Kier molecular flexibility index (Phi) is 12.7. The number of anilines is 1. The maximum Gasteiger partial charge on any atom is 0.417 e. The molecule has 3 aromatic rings. The number of hydrogen-bond donors (Lipinski definition) is 2. The molecule has 2 aromatic heterocycles. The molecule has 262 valence electrons. The van der Waals surface area contributed by atoms with Crippen molar-refractivity contribution in [3.05, 3.63) is 53.2 Å². The highest BCUT2D eigenvalue weighted by Crippen LogP contribution is 2.39. The van der Waals surface area contributed by atoms with Crippen LogP contribution in [0.3, 0.4) is 0 Å². The van der Waals surface area contributed by atoms with Gasteiger partial charge in [0.2, 0.25) is 5.13 Å². The van der Waals surface area contributed by atoms with Gasteiger partial charge >= 0.3 is 12.1 Å². The molecule has 1 aliphatic heterocycles. The molecular formula is C33H43F3N6O4S2. The molecule has 2 fully saturated rings. The van der Waals surface area contributed by atoms with Gasteiger partial charge in [-0.2, -0.15) is 28.2 Å². The van der Waals surface area contributed by atoms with Gasteiger partial charge in [0, 0.05) is 24.2 Å². The first-order chi connectivity index (χ1) is 22.8. The van der Waals surface area contributed by atoms with Gasteiger partial charge in [0.25, 0.3) is 0 Å². The Balaban J connectivity index is 0.000000274. The normalized spacial score (nSPS) is 18.6. The molecule has 5 rings (SSSR count). The maximum atomic E-state index is 13.4. The highest BCUT2D eigenvalue weighted by atomic mass is 32.2. The van der Waals surface area contributed by atoms with E-state index in [0.717, 1.165) is 31.5 Å². The van der Waals surface area contributed by atoms with Crippen LogP contribution in [0.4, 0.5) is 19.0 Å². The number of carboxylic acids is 1. The molecule has 0 bridgehead atoms. The molecule has 0 unspecified atom stereocenters. The number of nitrogens with zero attached hydrogens (tertiary/aromatic N) is 5. The number of halogens is 3. The molecule has 10 nitrogen and oxygen atoms in total. The number of aromatic nitrogens is 3. The van der Waals surface area contributed by atoms with E-state index < -0.39 is 43.7 Å². The number of hydrogen-bond acceptors (Lipinski definition) is 9. The van der Waals surface area contributed by atoms with Crippen molar-refractivity contribution in [3.63, 3.8) is 0 Å². The number of thiazole rings is 1. The minimum atomic E-state index is -4.87. The molecule has 0 spiro atoms. The lowest BCUT2D eigenvalue weighted by Gasteiger charge is -2.23. The summed E-state index contributed by atoms with van der Waals surface area (Å²) in [5, 5.41) is 27.1. The Morgan fingerprint density at radius 2 is 1.81 bits per heavy atom. The Bertz CT molecular complexity index is 1650. The number of sulfone groups is 1. The van der Waals surface area contributed by atoms with Crippen molar-refractivity contribution in [2.45, 2.75) is 112 Å². The van der Waals surface area contributed by atoms with Crippen LogP contribution in [0.1, 0.15) is 88.8 Å². The smallest absolute Gasteiger partial charge is 0.417 e. The van der Waals surface area contributed by atoms with Crippen LogP contribution in [0, 0.1) is 18.3 Å². The first-order valence-electron chi connectivity index (χ1n) is 16.4. The average Bonchev–Trinajstić information content (AvgIpc) is 3.40. The van der Waals surface area contributed by atoms with Crippen LogP contribution in [0.2, 0.25) is 0 Å². The number of rotatable bonds is 15. The number of unbranched alkanes of at least 4 members (excludes halogenated alkanes) is 7. The minimum absolute atomic E-state index is 0.110. The van der Waals surface area contributed by atoms with E-state index in [9.17, 15) is 31.5 Å². The zero-order valence-corrected chi connectivity index (χ0v) is 28.9. The molecule has 2 aliphatic rings. The molecule has 2 N–H and O–H groups in total. The summed E-state index contributed by atoms with van der Waals surface area (Å²) in [5.74, 6) is -0.969. The fraction of sp³-hybridized carbons (Fsp3) is 0.576. The largest absolute Gasteiger partial charge is 0.480 e. The van der Waals surface area contributed by atoms with E-state index in [1.54, 1.807) is 24.6 Å². The third-order valence-corrected chi connectivity index (χ3v) is 11.6. The number of aryl methyl sites for hydroxylation is 1. The highest BCUT2D eigenvalue weighted by Gasteiger charge is 2.47. The molecule has 1 saturated heterocycles. The van der Waals surface area contributed by atoms with Crippen molar-refractivity contribution in [3.8, 4) is 11.2 Å². The standard InChI is InChI=1S/C19H17F3N4O4S2.C14H26N2/c1-11-8-16(26(24-11)18-23-6-7-31-18)25-10-12(9-14(25)17(27)28)32(29,30)15-5-3-2-4-13(15)19(20,21)22;1-2-3-4-5-6-7-8-9-12-16-14(13-15)10-11-14/h2-8,12,14H,9-10H2,1H3,(H,27,28);16H,2-12H2,1H3/t12-,14+;/m1./s1. The number of aliphatic carboxylic acids is 1. The summed E-state index contributed by atoms with van der Waals surface area (Å²) in [7, 11) is -4.49. The molecule has 3 heterocycles. The Morgan fingerprint density at radius 3 is 2.40 bits per heavy atom. The number of carboxylic acid groups (broad SMARTS) is 1. The fourth-order valence-corrected chi connectivity index (χ4v) is 8.34. The predicted octanol–water partition coefficient (Wildman–Crippen LogP) is 6.93. The van der Waals surface area contributed by atoms with Crippen LogP contribution >= 0.6 is 11.3 Å². The second kappa shape index (κ2) is 16.3. The SMILES string of the molecule is CCCCCCCCCCNC1(C#N)CC1.Cc1cc(N2C[C@H](S(=O)(=O)c3ccccc3C(F)(F)F)C[C@H]2C(=O)O)n(-c2nccs2)n1. The van der Waals surface area contributed by atoms with E-state index in [0.29, 0.717) is 22.7 Å². The van der Waals surface area contributed by atoms with Crippen molar-refractivity contribution in [1.29, 1.82) is 5.26 Å². The third kappa shape index (κ3) is 9.35. The van der Waals surface area contributed by atoms with E-state index in [2.05, 4.69) is 28.4 Å². The monoisotopic (exact) mass is 708 g/mol. The summed E-state index contributed by atoms with van der Waals surface area (Å²) in [6.45, 7) is 4.67. The number of alkyl halides is 3. The Labute approximate surface area is 283 Å². The molecule has 15 heteroatoms. The quantitative estimate of drug-likeness (QED) is 0.161. The van der Waals surface area contributed by atoms with Crippen molar-refractivity contribution in [2.24, 2.45) is 0 Å². The summed E-state index contributed by atoms with van der Waals surface area (Å²) < 4.78 is 68.2. The van der Waals surface area contributed by atoms with E-state index in [1.807, 2.05) is 0 Å². The summed E-state index contributed by atoms with van der Waals surface area (Å²) in [4.78, 5) is 16.6. The summed E-state index contributed by atoms with van der Waals surface area (Å²) in [6, 6.07) is 6.63. The van der Waals surface area contributed by atoms with Gasteiger partial charge in [-0.25, -0.2) is 18.2 Å². The molecule has 0 radical (unpaired) electrons. The number of nitrogens with one attached hydrogen (secondary N) is 1. The van der Waals surface area contributed by atoms with Gasteiger partial charge < -0.3 is 10.0 Å². The lowest BCUT2D eigenvalue weighted by atomic mass is 10.1. The van der Waals surface area contributed by atoms with E-state index in [1.165, 1.54) is 78.4 Å². The summed E-state index contributed by atoms with van der Waals surface area (Å²) >= 11 is 1.25. The molecule has 48 heavy (non-hydrogen) atoms. The van der Waals surface area contributed by atoms with Crippen molar-refractivity contribution < 1.29 is 31.5 Å². The summed E-state index contributed by atoms with van der Waals surface area (Å²) in [6.07, 6.45) is 9.27. The van der Waals surface area contributed by atoms with Gasteiger partial charge in [0.1, 0.15) is 17.4 Å². The second-order valence-electron chi connectivity index (χ2n) is 12.4. The van der Waals surface area contributed by atoms with Gasteiger partial charge in [-0.1, -0.05) is 64.0 Å². The maximum absolute atomic E-state index is 13.4. The first kappa shape index (κ1) is 37.3. The second-order valence-corrected chi connectivity index (χ2v) is 15.4. The van der Waals surface area contributed by atoms with Gasteiger partial charge in [0.15, 0.2) is 9.84 Å². The van der Waals surface area contributed by atoms with Crippen LogP contribution in [-0.2, 0) is 20.8 Å². The molecular weight excluding hydrogens is 666 g/mol. The lowest BCUT2D eigenvalue weighted by Crippen LogP contribution is -2.37. The molecule has 0 amide bonds. The zero-order chi connectivity index (χ0) is 35.0. The topological polar surface area (TPSA) is 141 Å². The van der Waals surface area contributed by atoms with Crippen LogP contribution in [0.25, 0.3) is 5.13 Å². The Hall–Kier alpha value is -3.48. The van der Waals surface area contributed by atoms with Crippen molar-refractivity contribution in [2.75, 3.05) is 18.0 Å². The average molecular weight is 709 g/mol. The van der Waals surface area contributed by atoms with Crippen LogP contribution in [-0.4, -0.2) is 64.2 Å². The molecule has 1 saturated carbocycles. The lowest BCUT2D eigenvalue weighted by molar-refractivity contribution is -0.140. The van der Waals surface area contributed by atoms with Gasteiger partial charge in [-0.15, -0.1) is 11.3 Å². The third-order valence-electron chi connectivity index (χ3n) is 8.65. The number of benzene rings is 1. The zero-order valence-electron chi connectivity index (χ0n) is 27.2. The number of carbonyl (C=O) groups is 1. The van der Waals surface area contributed by atoms with Gasteiger partial charge in [-0.3, -0.25) is 5.32 Å². The fourth-order valence-electron chi connectivity index (χ4n) is 5.83. The number of nitriles is 1. The molecule has 1 aliphatic carbocycles.